The van der Waals surface area contributed by atoms with Gasteiger partial charge < -0.3 is 20.3 Å². The molecule has 0 spiro atoms. The lowest BCUT2D eigenvalue weighted by molar-refractivity contribution is 0.0143. The fourth-order valence-corrected chi connectivity index (χ4v) is 3.38. The van der Waals surface area contributed by atoms with E-state index in [1.54, 1.807) is 0 Å². The van der Waals surface area contributed by atoms with E-state index < -0.39 is 0 Å². The zero-order valence-corrected chi connectivity index (χ0v) is 10.9. The Kier molecular flexibility index (Phi) is 3.70. The van der Waals surface area contributed by atoms with E-state index in [4.69, 9.17) is 4.74 Å². The van der Waals surface area contributed by atoms with Gasteiger partial charge in [0.1, 0.15) is 0 Å². The van der Waals surface area contributed by atoms with Crippen LogP contribution in [0, 0.1) is 5.92 Å². The van der Waals surface area contributed by atoms with E-state index in [-0.39, 0.29) is 12.1 Å². The number of carbonyl (C=O) groups is 1. The lowest BCUT2D eigenvalue weighted by Crippen LogP contribution is -2.46. The number of rotatable bonds is 3. The van der Waals surface area contributed by atoms with Crippen LogP contribution in [0.15, 0.2) is 0 Å². The van der Waals surface area contributed by atoms with Crippen LogP contribution >= 0.6 is 0 Å². The first-order chi connectivity index (χ1) is 8.83. The average molecular weight is 253 g/mol. The van der Waals surface area contributed by atoms with E-state index >= 15 is 0 Å². The Morgan fingerprint density at radius 3 is 2.89 bits per heavy atom. The number of ether oxygens (including phenoxy) is 1. The van der Waals surface area contributed by atoms with Crippen molar-refractivity contribution in [3.63, 3.8) is 0 Å². The third-order valence-electron chi connectivity index (χ3n) is 4.41. The molecule has 102 valence electrons. The first-order valence-electron chi connectivity index (χ1n) is 7.20. The molecule has 1 aliphatic carbocycles. The Hall–Kier alpha value is -0.810. The largest absolute Gasteiger partial charge is 0.374 e. The molecule has 18 heavy (non-hydrogen) atoms. The standard InChI is InChI=1S/C13H23N3O2/c17-13-15-12(10-3-1-2-4-10)9-16(13)8-11-7-14-5-6-18-11/h10-12,14H,1-9H2,(H,15,17). The monoisotopic (exact) mass is 253 g/mol. The molecule has 3 rings (SSSR count). The molecular weight excluding hydrogens is 230 g/mol. The van der Waals surface area contributed by atoms with Gasteiger partial charge >= 0.3 is 6.03 Å². The molecular formula is C13H23N3O2. The Labute approximate surface area is 108 Å². The molecule has 1 saturated carbocycles. The second kappa shape index (κ2) is 5.45. The maximum atomic E-state index is 12.0. The van der Waals surface area contributed by atoms with Gasteiger partial charge in [0.2, 0.25) is 0 Å². The minimum atomic E-state index is 0.0982. The van der Waals surface area contributed by atoms with Crippen molar-refractivity contribution in [1.82, 2.24) is 15.5 Å². The lowest BCUT2D eigenvalue weighted by Gasteiger charge is -2.27. The summed E-state index contributed by atoms with van der Waals surface area (Å²) in [6.45, 7) is 4.13. The molecule has 2 atom stereocenters. The van der Waals surface area contributed by atoms with Crippen LogP contribution in [-0.4, -0.2) is 55.9 Å². The summed E-state index contributed by atoms with van der Waals surface area (Å²) in [5, 5.41) is 6.45. The molecule has 0 aromatic carbocycles. The third-order valence-corrected chi connectivity index (χ3v) is 4.41. The molecule has 2 unspecified atom stereocenters. The Morgan fingerprint density at radius 1 is 1.33 bits per heavy atom. The predicted molar refractivity (Wildman–Crippen MR) is 68.5 cm³/mol. The van der Waals surface area contributed by atoms with Gasteiger partial charge in [-0.15, -0.1) is 0 Å². The second-order valence-electron chi connectivity index (χ2n) is 5.70. The SMILES string of the molecule is O=C1NC(C2CCCC2)CN1CC1CNCCO1. The molecule has 2 heterocycles. The maximum Gasteiger partial charge on any atom is 0.317 e. The van der Waals surface area contributed by atoms with Crippen molar-refractivity contribution in [3.05, 3.63) is 0 Å². The second-order valence-corrected chi connectivity index (χ2v) is 5.70. The third kappa shape index (κ3) is 2.62. The van der Waals surface area contributed by atoms with Crippen molar-refractivity contribution < 1.29 is 9.53 Å². The molecule has 3 aliphatic rings. The number of nitrogens with one attached hydrogen (secondary N) is 2. The molecule has 5 heteroatoms. The van der Waals surface area contributed by atoms with Crippen LogP contribution in [0.25, 0.3) is 0 Å². The van der Waals surface area contributed by atoms with Crippen LogP contribution in [-0.2, 0) is 4.74 Å². The van der Waals surface area contributed by atoms with Crippen LogP contribution in [0.5, 0.6) is 0 Å². The van der Waals surface area contributed by atoms with E-state index in [9.17, 15) is 4.79 Å². The van der Waals surface area contributed by atoms with Crippen LogP contribution in [0.4, 0.5) is 4.79 Å². The van der Waals surface area contributed by atoms with E-state index in [0.717, 1.165) is 32.8 Å². The van der Waals surface area contributed by atoms with Crippen molar-refractivity contribution in [2.45, 2.75) is 37.8 Å². The number of carbonyl (C=O) groups excluding carboxylic acids is 1. The molecule has 3 fully saturated rings. The highest BCUT2D eigenvalue weighted by Crippen LogP contribution is 2.29. The van der Waals surface area contributed by atoms with Gasteiger partial charge in [-0.1, -0.05) is 12.8 Å². The highest BCUT2D eigenvalue weighted by molar-refractivity contribution is 5.77. The Morgan fingerprint density at radius 2 is 2.17 bits per heavy atom. The van der Waals surface area contributed by atoms with E-state index in [0.29, 0.717) is 12.0 Å². The van der Waals surface area contributed by atoms with Crippen molar-refractivity contribution in [2.75, 3.05) is 32.8 Å². The highest BCUT2D eigenvalue weighted by atomic mass is 16.5. The summed E-state index contributed by atoms with van der Waals surface area (Å²) in [4.78, 5) is 13.9. The van der Waals surface area contributed by atoms with Gasteiger partial charge in [0.15, 0.2) is 0 Å². The molecule has 2 N–H and O–H groups in total. The molecule has 0 bridgehead atoms. The van der Waals surface area contributed by atoms with E-state index in [1.165, 1.54) is 25.7 Å². The van der Waals surface area contributed by atoms with Gasteiger partial charge in [-0.2, -0.15) is 0 Å². The number of nitrogens with zero attached hydrogens (tertiary/aromatic N) is 1. The Bertz CT molecular complexity index is 299. The Balaban J connectivity index is 1.51. The van der Waals surface area contributed by atoms with Gasteiger partial charge in [0.25, 0.3) is 0 Å². The lowest BCUT2D eigenvalue weighted by atomic mass is 9.99. The average Bonchev–Trinajstić information content (AvgIpc) is 3.01. The van der Waals surface area contributed by atoms with Crippen molar-refractivity contribution in [1.29, 1.82) is 0 Å². The molecule has 5 nitrogen and oxygen atoms in total. The molecule has 2 aliphatic heterocycles. The summed E-state index contributed by atoms with van der Waals surface area (Å²) < 4.78 is 5.66. The highest BCUT2D eigenvalue weighted by Gasteiger charge is 2.36. The number of morpholine rings is 1. The topological polar surface area (TPSA) is 53.6 Å². The number of hydrogen-bond acceptors (Lipinski definition) is 3. The van der Waals surface area contributed by atoms with Crippen LogP contribution < -0.4 is 10.6 Å². The minimum absolute atomic E-state index is 0.0982. The van der Waals surface area contributed by atoms with E-state index in [1.807, 2.05) is 4.90 Å². The zero-order chi connectivity index (χ0) is 12.4. The summed E-state index contributed by atoms with van der Waals surface area (Å²) in [5.74, 6) is 0.698. The van der Waals surface area contributed by atoms with Crippen LogP contribution in [0.3, 0.4) is 0 Å². The van der Waals surface area contributed by atoms with Crippen molar-refractivity contribution in [3.8, 4) is 0 Å². The fourth-order valence-electron chi connectivity index (χ4n) is 3.38. The van der Waals surface area contributed by atoms with Crippen LogP contribution in [0.1, 0.15) is 25.7 Å². The maximum absolute atomic E-state index is 12.0. The summed E-state index contributed by atoms with van der Waals surface area (Å²) in [5.41, 5.74) is 0. The summed E-state index contributed by atoms with van der Waals surface area (Å²) in [6, 6.07) is 0.470. The van der Waals surface area contributed by atoms with Gasteiger partial charge in [-0.25, -0.2) is 4.79 Å². The van der Waals surface area contributed by atoms with Gasteiger partial charge in [0, 0.05) is 26.2 Å². The number of hydrogen-bond donors (Lipinski definition) is 2. The normalized spacial score (nSPS) is 34.0. The molecule has 0 radical (unpaired) electrons. The number of amides is 2. The molecule has 2 amide bonds. The van der Waals surface area contributed by atoms with Crippen LogP contribution in [0.2, 0.25) is 0 Å². The molecule has 2 saturated heterocycles. The predicted octanol–water partition coefficient (Wildman–Crippen LogP) is 0.559. The fraction of sp³-hybridized carbons (Fsp3) is 0.923. The van der Waals surface area contributed by atoms with Gasteiger partial charge in [-0.3, -0.25) is 0 Å². The summed E-state index contributed by atoms with van der Waals surface area (Å²) in [7, 11) is 0. The minimum Gasteiger partial charge on any atom is -0.374 e. The molecule has 0 aromatic heterocycles. The number of urea groups is 1. The van der Waals surface area contributed by atoms with E-state index in [2.05, 4.69) is 10.6 Å². The van der Waals surface area contributed by atoms with Crippen molar-refractivity contribution >= 4 is 6.03 Å². The first-order valence-corrected chi connectivity index (χ1v) is 7.20. The summed E-state index contributed by atoms with van der Waals surface area (Å²) in [6.07, 6.45) is 5.37. The quantitative estimate of drug-likeness (QED) is 0.772. The summed E-state index contributed by atoms with van der Waals surface area (Å²) >= 11 is 0. The smallest absolute Gasteiger partial charge is 0.317 e. The van der Waals surface area contributed by atoms with Crippen molar-refractivity contribution in [2.24, 2.45) is 5.92 Å². The first kappa shape index (κ1) is 12.2. The van der Waals surface area contributed by atoms with Gasteiger partial charge in [-0.05, 0) is 18.8 Å². The van der Waals surface area contributed by atoms with Gasteiger partial charge in [0.05, 0.1) is 18.8 Å². The molecule has 0 aromatic rings. The zero-order valence-electron chi connectivity index (χ0n) is 10.9.